The van der Waals surface area contributed by atoms with Crippen LogP contribution in [0.1, 0.15) is 88.0 Å². The van der Waals surface area contributed by atoms with Gasteiger partial charge in [-0.3, -0.25) is 4.79 Å². The summed E-state index contributed by atoms with van der Waals surface area (Å²) in [6.07, 6.45) is -8.86. The normalized spacial score (nSPS) is 48.3. The van der Waals surface area contributed by atoms with Crippen molar-refractivity contribution in [3.63, 3.8) is 0 Å². The Balaban J connectivity index is 2.22. The van der Waals surface area contributed by atoms with Crippen molar-refractivity contribution >= 4 is 11.7 Å². The molecule has 0 amide bonds. The van der Waals surface area contributed by atoms with Gasteiger partial charge in [-0.05, 0) is 61.1 Å². The topological polar surface area (TPSA) is 209 Å². The summed E-state index contributed by atoms with van der Waals surface area (Å²) >= 11 is 0. The largest absolute Gasteiger partial charge is 0.462 e. The fourth-order valence-corrected chi connectivity index (χ4v) is 8.60. The zero-order valence-corrected chi connectivity index (χ0v) is 33.2. The van der Waals surface area contributed by atoms with Gasteiger partial charge in [0.05, 0.1) is 54.0 Å². The molecule has 3 aliphatic heterocycles. The van der Waals surface area contributed by atoms with E-state index in [4.69, 9.17) is 28.4 Å². The summed E-state index contributed by atoms with van der Waals surface area (Å²) in [4.78, 5) is 16.1. The molecule has 0 saturated carbocycles. The number of aliphatic hydroxyl groups is 5. The Kier molecular flexibility index (Phi) is 15.9. The lowest BCUT2D eigenvalue weighted by Gasteiger charge is -2.49. The summed E-state index contributed by atoms with van der Waals surface area (Å²) in [5.74, 6) is -4.93. The predicted molar refractivity (Wildman–Crippen MR) is 190 cm³/mol. The van der Waals surface area contributed by atoms with Crippen LogP contribution in [0.4, 0.5) is 0 Å². The molecule has 3 fully saturated rings. The number of methoxy groups -OCH3 is 1. The van der Waals surface area contributed by atoms with Gasteiger partial charge in [-0.1, -0.05) is 39.8 Å². The van der Waals surface area contributed by atoms with E-state index in [0.29, 0.717) is 12.8 Å². The molecule has 3 rings (SSSR count). The molecule has 3 heterocycles. The quantitative estimate of drug-likeness (QED) is 0.119. The number of carbonyl (C=O) groups is 1. The molecular formula is C37H68N2O13. The summed E-state index contributed by atoms with van der Waals surface area (Å²) in [6, 6.07) is -0.336. The SMILES string of the molecule is CC[C@H]1OC(=O)[C@@H](CO)[C@@H](O[C@H]2C[C@@](C)(OC)[C@@H](O)[C@H](C)O2)[C@H](C)[C@@H](O[C@H]2O[C@H](C)C[C@H](N(C)C)[C@H]2O)[C@](C)(O)C[C@@H](C)/C(=N\O)[C@H](C)[C@@H](O)[C@H]1C. The number of ether oxygens (including phenoxy) is 6. The molecule has 3 saturated heterocycles. The molecule has 0 unspecified atom stereocenters. The first-order valence-electron chi connectivity index (χ1n) is 18.8. The van der Waals surface area contributed by atoms with Crippen molar-refractivity contribution in [2.45, 2.75) is 167 Å². The summed E-state index contributed by atoms with van der Waals surface area (Å²) in [5.41, 5.74) is -2.61. The maximum atomic E-state index is 14.2. The molecule has 3 aliphatic rings. The Labute approximate surface area is 309 Å². The van der Waals surface area contributed by atoms with Gasteiger partial charge in [-0.25, -0.2) is 0 Å². The van der Waals surface area contributed by atoms with Gasteiger partial charge >= 0.3 is 5.97 Å². The van der Waals surface area contributed by atoms with Crippen LogP contribution in [0.25, 0.3) is 0 Å². The molecule has 0 spiro atoms. The van der Waals surface area contributed by atoms with Crippen molar-refractivity contribution in [3.8, 4) is 0 Å². The van der Waals surface area contributed by atoms with Crippen LogP contribution in [0.5, 0.6) is 0 Å². The van der Waals surface area contributed by atoms with Crippen LogP contribution in [0.2, 0.25) is 0 Å². The Bertz CT molecular complexity index is 1170. The van der Waals surface area contributed by atoms with E-state index in [-0.39, 0.29) is 30.7 Å². The Hall–Kier alpha value is -1.50. The van der Waals surface area contributed by atoms with Gasteiger partial charge in [0.25, 0.3) is 0 Å². The highest BCUT2D eigenvalue weighted by Crippen LogP contribution is 2.40. The average Bonchev–Trinajstić information content (AvgIpc) is 3.07. The van der Waals surface area contributed by atoms with Gasteiger partial charge in [0, 0.05) is 43.2 Å². The second-order valence-corrected chi connectivity index (χ2v) is 16.3. The van der Waals surface area contributed by atoms with E-state index in [1.54, 1.807) is 48.5 Å². The summed E-state index contributed by atoms with van der Waals surface area (Å²) in [7, 11) is 5.16. The van der Waals surface area contributed by atoms with Crippen LogP contribution in [0, 0.1) is 29.6 Å². The fourth-order valence-electron chi connectivity index (χ4n) is 8.60. The Morgan fingerprint density at radius 3 is 2.13 bits per heavy atom. The Morgan fingerprint density at radius 1 is 0.962 bits per heavy atom. The minimum atomic E-state index is -1.78. The van der Waals surface area contributed by atoms with Crippen molar-refractivity contribution in [3.05, 3.63) is 0 Å². The van der Waals surface area contributed by atoms with Gasteiger partial charge in [0.15, 0.2) is 12.6 Å². The molecule has 15 nitrogen and oxygen atoms in total. The third-order valence-corrected chi connectivity index (χ3v) is 12.0. The maximum absolute atomic E-state index is 14.2. The number of rotatable bonds is 8. The van der Waals surface area contributed by atoms with Gasteiger partial charge in [0.1, 0.15) is 24.2 Å². The van der Waals surface area contributed by atoms with Crippen LogP contribution >= 0.6 is 0 Å². The average molecular weight is 749 g/mol. The van der Waals surface area contributed by atoms with Gasteiger partial charge in [0.2, 0.25) is 0 Å². The zero-order valence-electron chi connectivity index (χ0n) is 33.2. The molecule has 6 N–H and O–H groups in total. The number of aliphatic hydroxyl groups excluding tert-OH is 4. The minimum absolute atomic E-state index is 0.0363. The molecule has 0 radical (unpaired) electrons. The van der Waals surface area contributed by atoms with Crippen molar-refractivity contribution in [1.82, 2.24) is 4.90 Å². The first kappa shape index (κ1) is 44.9. The number of cyclic esters (lactones) is 1. The molecule has 52 heavy (non-hydrogen) atoms. The molecule has 304 valence electrons. The molecule has 0 aliphatic carbocycles. The predicted octanol–water partition coefficient (Wildman–Crippen LogP) is 1.90. The number of carbonyl (C=O) groups excluding carboxylic acids is 1. The van der Waals surface area contributed by atoms with E-state index < -0.39 is 109 Å². The molecule has 18 atom stereocenters. The summed E-state index contributed by atoms with van der Waals surface area (Å²) < 4.78 is 37.2. The van der Waals surface area contributed by atoms with E-state index in [1.165, 1.54) is 7.11 Å². The second kappa shape index (κ2) is 18.4. The number of likely N-dealkylation sites (N-methyl/N-ethyl adjacent to an activating group) is 1. The lowest BCUT2D eigenvalue weighted by atomic mass is 9.74. The first-order valence-corrected chi connectivity index (χ1v) is 18.8. The highest BCUT2D eigenvalue weighted by molar-refractivity contribution is 5.88. The van der Waals surface area contributed by atoms with Crippen molar-refractivity contribution < 1.29 is 64.0 Å². The smallest absolute Gasteiger partial charge is 0.314 e. The minimum Gasteiger partial charge on any atom is -0.462 e. The van der Waals surface area contributed by atoms with E-state index in [2.05, 4.69) is 5.16 Å². The molecule has 0 bridgehead atoms. The van der Waals surface area contributed by atoms with Gasteiger partial charge < -0.3 is 64.1 Å². The van der Waals surface area contributed by atoms with E-state index in [9.17, 15) is 35.5 Å². The van der Waals surface area contributed by atoms with Gasteiger partial charge in [-0.2, -0.15) is 0 Å². The zero-order chi connectivity index (χ0) is 39.5. The highest BCUT2D eigenvalue weighted by atomic mass is 16.7. The number of esters is 1. The standard InChI is InChI=1S/C37H68N2O13/c1-13-26-20(4)29(41)21(5)28(38-46)18(2)15-36(8,45)33(52-35-30(42)25(39(10)11)14-19(3)48-35)22(6)31(24(17-40)34(44)50-26)51-27-16-37(9,47-12)32(43)23(7)49-27/h18-27,29-33,35,40-43,45-46H,13-17H2,1-12H3/b38-28+/t18-,19-,20+,21+,22+,23+,24+,25+,26-,27+,29+,30-,31+,32+,33-,35-,36-,37-/m1/s1. The summed E-state index contributed by atoms with van der Waals surface area (Å²) in [5, 5.41) is 71.1. The number of oxime groups is 1. The van der Waals surface area contributed by atoms with E-state index in [1.807, 2.05) is 32.8 Å². The Morgan fingerprint density at radius 2 is 1.60 bits per heavy atom. The van der Waals surface area contributed by atoms with Crippen LogP contribution in [0.3, 0.4) is 0 Å². The lowest BCUT2D eigenvalue weighted by molar-refractivity contribution is -0.318. The monoisotopic (exact) mass is 748 g/mol. The van der Waals surface area contributed by atoms with Crippen LogP contribution in [-0.2, 0) is 33.2 Å². The van der Waals surface area contributed by atoms with E-state index >= 15 is 0 Å². The molecule has 0 aromatic heterocycles. The number of hydrogen-bond donors (Lipinski definition) is 6. The second-order valence-electron chi connectivity index (χ2n) is 16.3. The maximum Gasteiger partial charge on any atom is 0.314 e. The van der Waals surface area contributed by atoms with Crippen molar-refractivity contribution in [2.24, 2.45) is 34.7 Å². The number of nitrogens with zero attached hydrogens (tertiary/aromatic N) is 2. The van der Waals surface area contributed by atoms with Gasteiger partial charge in [-0.15, -0.1) is 0 Å². The first-order chi connectivity index (χ1) is 24.2. The third-order valence-electron chi connectivity index (χ3n) is 12.0. The highest BCUT2D eigenvalue weighted by Gasteiger charge is 2.52. The lowest BCUT2D eigenvalue weighted by Crippen LogP contribution is -2.61. The van der Waals surface area contributed by atoms with E-state index in [0.717, 1.165) is 0 Å². The van der Waals surface area contributed by atoms with Crippen molar-refractivity contribution in [1.29, 1.82) is 0 Å². The van der Waals surface area contributed by atoms with Crippen LogP contribution in [-0.4, -0.2) is 154 Å². The molecule has 0 aromatic carbocycles. The fraction of sp³-hybridized carbons (Fsp3) is 0.946. The number of hydrogen-bond acceptors (Lipinski definition) is 15. The van der Waals surface area contributed by atoms with Crippen molar-refractivity contribution in [2.75, 3.05) is 27.8 Å². The van der Waals surface area contributed by atoms with Crippen LogP contribution in [0.15, 0.2) is 5.16 Å². The van der Waals surface area contributed by atoms with Crippen LogP contribution < -0.4 is 0 Å². The summed E-state index contributed by atoms with van der Waals surface area (Å²) in [6.45, 7) is 14.9. The molecule has 15 heteroatoms. The third kappa shape index (κ3) is 9.83. The molecule has 0 aromatic rings. The molecular weight excluding hydrogens is 680 g/mol.